The van der Waals surface area contributed by atoms with Gasteiger partial charge in [0.2, 0.25) is 5.91 Å². The van der Waals surface area contributed by atoms with Crippen LogP contribution in [0.25, 0.3) is 22.3 Å². The number of carbonyl (C=O) groups is 4. The van der Waals surface area contributed by atoms with Crippen molar-refractivity contribution in [1.29, 1.82) is 0 Å². The van der Waals surface area contributed by atoms with Crippen LogP contribution in [0.15, 0.2) is 37.5 Å². The molecule has 40 heteroatoms. The van der Waals surface area contributed by atoms with Gasteiger partial charge in [0.15, 0.2) is 40.9 Å². The number of quaternary nitrogens is 1. The standard InChI is InChI=1S/C68H113N12O21P3S4/c1-6-8-10-12-14-16-18-20-22-24-26-28-30-32-50(49(42-94-102(87,88)93-37-36-80(3,4)5)76-53(81)33-31-29-27-25-23-21-19-17-15-13-11-9-7-2)97-55(83)35-34-54(82)91-38-40-107-108-41-39-92-68(86)77-63-57-65(73-46-71-63)79(48-75-57)67-59(85)61-52(99-67)44-96-103(89,105)100-60-51(43-95-104(90,106)101-61)98-66(58(60)84)78-47-74-56-62(69)70-45-72-64(56)78/h30,32,45-52,58-61,66-67,84-85H,6-29,31,33-44H2,1-5H3,(H6-,69,70,71,72,73,76,77,81,86,87,88,89,90,105,106)/p+1/b32-30+/t49-,50+,51-,52-,58+,59+,60+,61+,66-,67-,103?,104?/m0/s1. The second kappa shape index (κ2) is 47.6. The zero-order valence-corrected chi connectivity index (χ0v) is 68.8. The normalized spacial score (nSPS) is 23.8. The number of nitrogen functional groups attached to an aromatic ring is 1. The number of imidazole rings is 2. The number of aliphatic hydroxyl groups is 2. The highest BCUT2D eigenvalue weighted by Gasteiger charge is 2.53. The summed E-state index contributed by atoms with van der Waals surface area (Å²) in [6, 6.07) is -1.07. The molecule has 7 heterocycles. The number of aromatic nitrogens is 8. The third-order valence-corrected chi connectivity index (χ3v) is 24.6. The summed E-state index contributed by atoms with van der Waals surface area (Å²) in [4.78, 5) is 101. The van der Waals surface area contributed by atoms with Gasteiger partial charge in [0, 0.05) is 17.9 Å². The third kappa shape index (κ3) is 32.1. The molecule has 108 heavy (non-hydrogen) atoms. The first-order valence-electron chi connectivity index (χ1n) is 37.8. The number of anilines is 2. The van der Waals surface area contributed by atoms with Gasteiger partial charge in [-0.05, 0) is 37.1 Å². The van der Waals surface area contributed by atoms with Crippen LogP contribution in [0, 0.1) is 0 Å². The van der Waals surface area contributed by atoms with Crippen molar-refractivity contribution in [2.24, 2.45) is 0 Å². The van der Waals surface area contributed by atoms with Crippen LogP contribution in [0.5, 0.6) is 0 Å². The Kier molecular flexibility index (Phi) is 40.2. The molecule has 13 atom stereocenters. The van der Waals surface area contributed by atoms with Crippen molar-refractivity contribution in [3.8, 4) is 0 Å². The highest BCUT2D eigenvalue weighted by atomic mass is 33.1. The molecule has 3 unspecified atom stereocenters. The Labute approximate surface area is 651 Å². The van der Waals surface area contributed by atoms with Crippen molar-refractivity contribution >= 4 is 125 Å². The molecule has 3 fully saturated rings. The summed E-state index contributed by atoms with van der Waals surface area (Å²) in [5.74, 6) is -1.04. The molecule has 0 bridgehead atoms. The maximum absolute atomic E-state index is 13.8. The zero-order valence-electron chi connectivity index (χ0n) is 62.7. The molecule has 0 spiro atoms. The average molecular weight is 1660 g/mol. The predicted octanol–water partition coefficient (Wildman–Crippen LogP) is 12.1. The van der Waals surface area contributed by atoms with E-state index in [1.54, 1.807) is 6.08 Å². The highest BCUT2D eigenvalue weighted by Crippen LogP contribution is 2.58. The molecule has 4 aromatic heterocycles. The Balaban J connectivity index is 0.847. The molecule has 610 valence electrons. The Morgan fingerprint density at radius 1 is 0.694 bits per heavy atom. The van der Waals surface area contributed by atoms with Crippen molar-refractivity contribution in [1.82, 2.24) is 44.4 Å². The van der Waals surface area contributed by atoms with Crippen LogP contribution < -0.4 is 16.4 Å². The fourth-order valence-electron chi connectivity index (χ4n) is 12.3. The van der Waals surface area contributed by atoms with Crippen molar-refractivity contribution in [2.45, 2.75) is 255 Å². The van der Waals surface area contributed by atoms with Crippen LogP contribution in [-0.4, -0.2) is 215 Å². The van der Waals surface area contributed by atoms with Gasteiger partial charge in [-0.3, -0.25) is 51.5 Å². The fraction of sp³-hybridized carbons (Fsp3) is 0.765. The first-order chi connectivity index (χ1) is 51.8. The molecule has 33 nitrogen and oxygen atoms in total. The summed E-state index contributed by atoms with van der Waals surface area (Å²) >= 11 is 9.53. The van der Waals surface area contributed by atoms with Crippen molar-refractivity contribution < 1.29 is 104 Å². The van der Waals surface area contributed by atoms with Gasteiger partial charge in [-0.2, -0.15) is 0 Å². The highest BCUT2D eigenvalue weighted by molar-refractivity contribution is 8.76. The van der Waals surface area contributed by atoms with Crippen LogP contribution in [-0.2, 0) is 86.1 Å². The van der Waals surface area contributed by atoms with Crippen molar-refractivity contribution in [3.05, 3.63) is 37.5 Å². The monoisotopic (exact) mass is 1660 g/mol. The topological polar surface area (TPSA) is 422 Å². The van der Waals surface area contributed by atoms with Crippen LogP contribution in [0.4, 0.5) is 16.4 Å². The van der Waals surface area contributed by atoms with Crippen LogP contribution in [0.1, 0.15) is 206 Å². The number of rotatable bonds is 50. The third-order valence-electron chi connectivity index (χ3n) is 18.1. The number of nitrogens with zero attached hydrogens (tertiary/aromatic N) is 9. The Bertz CT molecular complexity index is 3570. The molecule has 3 aliphatic rings. The summed E-state index contributed by atoms with van der Waals surface area (Å²) in [6.45, 7) is -5.67. The number of hydrogen-bond acceptors (Lipinski definition) is 29. The molecular weight excluding hydrogens is 1540 g/mol. The van der Waals surface area contributed by atoms with Gasteiger partial charge in [0.1, 0.15) is 87.3 Å². The lowest BCUT2D eigenvalue weighted by molar-refractivity contribution is -0.870. The molecule has 0 radical (unpaired) electrons. The number of esters is 2. The van der Waals surface area contributed by atoms with E-state index in [-0.39, 0.29) is 79.0 Å². The van der Waals surface area contributed by atoms with Crippen molar-refractivity contribution in [2.75, 3.05) is 89.9 Å². The average Bonchev–Trinajstić information content (AvgIpc) is 1.62. The number of phosphoric ester groups is 1. The number of carbonyl (C=O) groups excluding carboxylic acids is 4. The van der Waals surface area contributed by atoms with E-state index in [1.807, 2.05) is 27.2 Å². The van der Waals surface area contributed by atoms with Crippen LogP contribution in [0.2, 0.25) is 0 Å². The van der Waals surface area contributed by atoms with Crippen LogP contribution >= 0.6 is 55.2 Å². The first-order valence-corrected chi connectivity index (χ1v) is 47.0. The minimum absolute atomic E-state index is 0.00403. The van der Waals surface area contributed by atoms with E-state index in [0.717, 1.165) is 57.7 Å². The molecular formula is C68H114N12O21P3S4+. The molecule has 4 aromatic rings. The van der Waals surface area contributed by atoms with Crippen molar-refractivity contribution in [3.63, 3.8) is 0 Å². The quantitative estimate of drug-likeness (QED) is 0.00297. The minimum Gasteiger partial charge on any atom is -0.465 e. The molecule has 7 rings (SSSR count). The number of likely N-dealkylation sites (N-methyl/N-ethyl adjacent to an activating group) is 1. The number of ether oxygens (including phenoxy) is 5. The number of thiol groups is 1. The first kappa shape index (κ1) is 91.1. The van der Waals surface area contributed by atoms with E-state index in [0.29, 0.717) is 35.4 Å². The molecule has 0 aromatic carbocycles. The maximum Gasteiger partial charge on any atom is 0.472 e. The van der Waals surface area contributed by atoms with E-state index >= 15 is 0 Å². The van der Waals surface area contributed by atoms with E-state index in [9.17, 15) is 48.3 Å². The van der Waals surface area contributed by atoms with E-state index in [4.69, 9.17) is 68.4 Å². The summed E-state index contributed by atoms with van der Waals surface area (Å²) in [5.41, 5.74) is 6.50. The smallest absolute Gasteiger partial charge is 0.465 e. The number of allylic oxidation sites excluding steroid dienone is 1. The minimum atomic E-state index is -4.61. The lowest BCUT2D eigenvalue weighted by Gasteiger charge is -2.29. The SMILES string of the molecule is CCCCCCCCCCCCC/C=C/[C@@H](OC(=O)CCC(=O)OCCSSCCOC(=O)Nc1ncnc2c1ncn2[C@H]1O[C@H]2COP(=O)(S)O[C@H]3[C@@H](O)[C@@H](n4cnc5c(N)ncnc54)O[C@H]3COP(O)(=S)O[C@H]2[C@H]1O)[C@H](COP(=O)(O)OCC[N+](C)(C)C)NC(=O)CCCCCCCCCCCCCCC. The molecule has 8 N–H and O–H groups in total. The number of fused-ring (bicyclic) bond motifs is 4. The molecule has 3 saturated heterocycles. The lowest BCUT2D eigenvalue weighted by atomic mass is 10.0. The van der Waals surface area contributed by atoms with Gasteiger partial charge in [0.25, 0.3) is 0 Å². The number of phosphoric acid groups is 1. The number of aliphatic hydroxyl groups excluding tert-OH is 2. The van der Waals surface area contributed by atoms with Gasteiger partial charge in [-0.1, -0.05) is 195 Å². The van der Waals surface area contributed by atoms with Gasteiger partial charge < -0.3 is 63.7 Å². The van der Waals surface area contributed by atoms with E-state index in [1.165, 1.54) is 146 Å². The number of nitrogens with two attached hydrogens (primary N) is 1. The Morgan fingerprint density at radius 3 is 1.79 bits per heavy atom. The molecule has 0 aliphatic carbocycles. The summed E-state index contributed by atoms with van der Waals surface area (Å²) in [7, 11) is 3.83. The lowest BCUT2D eigenvalue weighted by Crippen LogP contribution is -2.47. The van der Waals surface area contributed by atoms with Gasteiger partial charge in [0.05, 0.1) is 72.5 Å². The number of amides is 2. The fourth-order valence-corrected chi connectivity index (χ4v) is 17.6. The summed E-state index contributed by atoms with van der Waals surface area (Å²) in [5, 5.41) is 28.7. The van der Waals surface area contributed by atoms with Gasteiger partial charge in [-0.25, -0.2) is 43.8 Å². The summed E-state index contributed by atoms with van der Waals surface area (Å²) in [6.07, 6.45) is 23.2. The number of unbranched alkanes of at least 4 members (excludes halogenated alkanes) is 23. The van der Waals surface area contributed by atoms with E-state index < -0.39 is 120 Å². The predicted molar refractivity (Wildman–Crippen MR) is 417 cm³/mol. The molecule has 0 saturated carbocycles. The molecule has 2 amide bonds. The number of nitrogens with one attached hydrogen (secondary N) is 2. The Morgan fingerprint density at radius 2 is 1.20 bits per heavy atom. The zero-order chi connectivity index (χ0) is 78.0. The van der Waals surface area contributed by atoms with Gasteiger partial charge in [-0.15, -0.1) is 0 Å². The van der Waals surface area contributed by atoms with E-state index in [2.05, 4.69) is 66.6 Å². The molecule has 3 aliphatic heterocycles. The maximum atomic E-state index is 13.8. The Hall–Kier alpha value is -4.04. The second-order valence-electron chi connectivity index (χ2n) is 28.0. The summed E-state index contributed by atoms with van der Waals surface area (Å²) < 4.78 is 93.0. The van der Waals surface area contributed by atoms with Crippen LogP contribution in [0.3, 0.4) is 0 Å². The number of hydrogen-bond donors (Lipinski definition) is 8. The van der Waals surface area contributed by atoms with Gasteiger partial charge >= 0.3 is 39.4 Å². The largest absolute Gasteiger partial charge is 0.472 e. The second-order valence-corrected chi connectivity index (χ2v) is 37.8.